The summed E-state index contributed by atoms with van der Waals surface area (Å²) < 4.78 is 9.90. The zero-order valence-corrected chi connectivity index (χ0v) is 15.7. The Morgan fingerprint density at radius 3 is 2.71 bits per heavy atom. The molecule has 1 saturated heterocycles. The number of hydrogen-bond acceptors (Lipinski definition) is 5. The average Bonchev–Trinajstić information content (AvgIpc) is 3.43. The van der Waals surface area contributed by atoms with Gasteiger partial charge in [-0.3, -0.25) is 9.48 Å². The van der Waals surface area contributed by atoms with Crippen LogP contribution in [-0.2, 0) is 11.8 Å². The van der Waals surface area contributed by atoms with Crippen LogP contribution in [0.2, 0.25) is 0 Å². The summed E-state index contributed by atoms with van der Waals surface area (Å²) in [6, 6.07) is 1.91. The molecular formula is C20H22N6O2. The number of nitrogens with zero attached hydrogens (tertiary/aromatic N) is 6. The van der Waals surface area contributed by atoms with Crippen LogP contribution in [-0.4, -0.2) is 54.4 Å². The van der Waals surface area contributed by atoms with E-state index in [0.717, 1.165) is 42.7 Å². The highest BCUT2D eigenvalue weighted by molar-refractivity contribution is 5.87. The molecular weight excluding hydrogens is 356 g/mol. The van der Waals surface area contributed by atoms with Crippen molar-refractivity contribution in [1.82, 2.24) is 29.3 Å². The van der Waals surface area contributed by atoms with Crippen LogP contribution in [0.25, 0.3) is 16.8 Å². The maximum Gasteiger partial charge on any atom is 0.245 e. The molecule has 3 atom stereocenters. The number of carbonyl (C=O) groups excluding carboxylic acids is 1. The summed E-state index contributed by atoms with van der Waals surface area (Å²) >= 11 is 0. The van der Waals surface area contributed by atoms with Crippen molar-refractivity contribution in [3.05, 3.63) is 43.5 Å². The Morgan fingerprint density at radius 1 is 1.25 bits per heavy atom. The number of hydrogen-bond donors (Lipinski definition) is 0. The second-order valence-electron chi connectivity index (χ2n) is 7.67. The van der Waals surface area contributed by atoms with Gasteiger partial charge in [0, 0.05) is 31.9 Å². The van der Waals surface area contributed by atoms with Crippen molar-refractivity contribution in [2.75, 3.05) is 13.1 Å². The lowest BCUT2D eigenvalue weighted by Crippen LogP contribution is -2.29. The SMILES string of the molecule is C=CC(=O)N1C[C@H]2C[C@H](Oc3nc(-c4cnn(C)c4)cn4nccc34)C[C@H]2C1. The first-order valence-electron chi connectivity index (χ1n) is 9.52. The molecule has 1 aliphatic carbocycles. The Balaban J connectivity index is 1.37. The van der Waals surface area contributed by atoms with Crippen LogP contribution < -0.4 is 4.74 Å². The fourth-order valence-electron chi connectivity index (χ4n) is 4.48. The minimum atomic E-state index is 0.0266. The minimum Gasteiger partial charge on any atom is -0.473 e. The Morgan fingerprint density at radius 2 is 2.04 bits per heavy atom. The number of likely N-dealkylation sites (tertiary alicyclic amines) is 1. The van der Waals surface area contributed by atoms with Gasteiger partial charge in [-0.1, -0.05) is 6.58 Å². The Labute approximate surface area is 162 Å². The molecule has 0 spiro atoms. The van der Waals surface area contributed by atoms with Crippen molar-refractivity contribution in [3.8, 4) is 17.1 Å². The van der Waals surface area contributed by atoms with E-state index in [-0.39, 0.29) is 12.0 Å². The molecule has 28 heavy (non-hydrogen) atoms. The second-order valence-corrected chi connectivity index (χ2v) is 7.67. The number of aromatic nitrogens is 5. The lowest BCUT2D eigenvalue weighted by Gasteiger charge is -2.19. The largest absolute Gasteiger partial charge is 0.473 e. The van der Waals surface area contributed by atoms with E-state index in [2.05, 4.69) is 16.8 Å². The molecule has 2 aliphatic rings. The average molecular weight is 378 g/mol. The van der Waals surface area contributed by atoms with Gasteiger partial charge in [-0.05, 0) is 36.8 Å². The molecule has 0 radical (unpaired) electrons. The first kappa shape index (κ1) is 17.0. The van der Waals surface area contributed by atoms with E-state index in [1.54, 1.807) is 21.6 Å². The zero-order valence-electron chi connectivity index (χ0n) is 15.7. The van der Waals surface area contributed by atoms with Crippen molar-refractivity contribution in [2.24, 2.45) is 18.9 Å². The number of amides is 1. The van der Waals surface area contributed by atoms with E-state index < -0.39 is 0 Å². The normalized spacial score (nSPS) is 23.9. The Bertz CT molecular complexity index is 1040. The first-order chi connectivity index (χ1) is 13.6. The number of rotatable bonds is 4. The molecule has 144 valence electrons. The monoisotopic (exact) mass is 378 g/mol. The highest BCUT2D eigenvalue weighted by Crippen LogP contribution is 2.40. The molecule has 0 N–H and O–H groups in total. The van der Waals surface area contributed by atoms with Gasteiger partial charge in [0.2, 0.25) is 11.8 Å². The van der Waals surface area contributed by atoms with E-state index in [4.69, 9.17) is 9.72 Å². The summed E-state index contributed by atoms with van der Waals surface area (Å²) in [7, 11) is 1.88. The van der Waals surface area contributed by atoms with Gasteiger partial charge in [0.25, 0.3) is 0 Å². The summed E-state index contributed by atoms with van der Waals surface area (Å²) in [6.07, 6.45) is 10.7. The molecule has 3 aromatic rings. The second kappa shape index (κ2) is 6.47. The van der Waals surface area contributed by atoms with Crippen LogP contribution in [0.4, 0.5) is 0 Å². The quantitative estimate of drug-likeness (QED) is 0.649. The third-order valence-corrected chi connectivity index (χ3v) is 5.83. The molecule has 5 rings (SSSR count). The smallest absolute Gasteiger partial charge is 0.245 e. The third-order valence-electron chi connectivity index (χ3n) is 5.83. The van der Waals surface area contributed by atoms with Gasteiger partial charge < -0.3 is 9.64 Å². The molecule has 8 heteroatoms. The van der Waals surface area contributed by atoms with Gasteiger partial charge in [0.05, 0.1) is 24.3 Å². The zero-order chi connectivity index (χ0) is 19.3. The molecule has 8 nitrogen and oxygen atoms in total. The van der Waals surface area contributed by atoms with Crippen molar-refractivity contribution in [2.45, 2.75) is 18.9 Å². The lowest BCUT2D eigenvalue weighted by atomic mass is 10.0. The highest BCUT2D eigenvalue weighted by Gasteiger charge is 2.43. The molecule has 0 bridgehead atoms. The van der Waals surface area contributed by atoms with Crippen molar-refractivity contribution < 1.29 is 9.53 Å². The van der Waals surface area contributed by atoms with Gasteiger partial charge in [-0.2, -0.15) is 10.2 Å². The van der Waals surface area contributed by atoms with E-state index in [1.165, 1.54) is 6.08 Å². The number of ether oxygens (including phenoxy) is 1. The van der Waals surface area contributed by atoms with Crippen LogP contribution in [0, 0.1) is 11.8 Å². The summed E-state index contributed by atoms with van der Waals surface area (Å²) in [5.41, 5.74) is 2.56. The Hall–Kier alpha value is -3.16. The predicted octanol–water partition coefficient (Wildman–Crippen LogP) is 1.93. The number of carbonyl (C=O) groups is 1. The van der Waals surface area contributed by atoms with Crippen molar-refractivity contribution >= 4 is 11.4 Å². The maximum absolute atomic E-state index is 11.9. The molecule has 1 saturated carbocycles. The van der Waals surface area contributed by atoms with Crippen molar-refractivity contribution in [3.63, 3.8) is 0 Å². The van der Waals surface area contributed by atoms with Gasteiger partial charge in [-0.15, -0.1) is 0 Å². The van der Waals surface area contributed by atoms with Gasteiger partial charge in [0.1, 0.15) is 11.6 Å². The van der Waals surface area contributed by atoms with Gasteiger partial charge in [-0.25, -0.2) is 9.50 Å². The van der Waals surface area contributed by atoms with Crippen LogP contribution >= 0.6 is 0 Å². The molecule has 2 fully saturated rings. The van der Waals surface area contributed by atoms with Crippen molar-refractivity contribution in [1.29, 1.82) is 0 Å². The molecule has 0 aromatic carbocycles. The predicted molar refractivity (Wildman–Crippen MR) is 103 cm³/mol. The molecule has 1 aliphatic heterocycles. The Kier molecular flexibility index (Phi) is 3.92. The highest BCUT2D eigenvalue weighted by atomic mass is 16.5. The summed E-state index contributed by atoms with van der Waals surface area (Å²) in [5.74, 6) is 1.59. The topological polar surface area (TPSA) is 77.6 Å². The lowest BCUT2D eigenvalue weighted by molar-refractivity contribution is -0.125. The van der Waals surface area contributed by atoms with Crippen LogP contribution in [0.5, 0.6) is 5.88 Å². The van der Waals surface area contributed by atoms with Crippen LogP contribution in [0.3, 0.4) is 0 Å². The molecule has 0 unspecified atom stereocenters. The first-order valence-corrected chi connectivity index (χ1v) is 9.52. The van der Waals surface area contributed by atoms with Crippen LogP contribution in [0.15, 0.2) is 43.5 Å². The maximum atomic E-state index is 11.9. The summed E-state index contributed by atoms with van der Waals surface area (Å²) in [6.45, 7) is 5.17. The van der Waals surface area contributed by atoms with E-state index in [0.29, 0.717) is 17.7 Å². The number of fused-ring (bicyclic) bond motifs is 2. The van der Waals surface area contributed by atoms with Gasteiger partial charge in [0.15, 0.2) is 0 Å². The van der Waals surface area contributed by atoms with E-state index in [1.807, 2.05) is 30.4 Å². The standard InChI is InChI=1S/C20H22N6O2/c1-3-19(27)25-10-13-6-16(7-14(13)11-25)28-20-18-4-5-21-26(18)12-17(23-20)15-8-22-24(2)9-15/h3-5,8-9,12-14,16H,1,6-7,10-11H2,2H3/t13-,14+,16+. The summed E-state index contributed by atoms with van der Waals surface area (Å²) in [4.78, 5) is 18.5. The summed E-state index contributed by atoms with van der Waals surface area (Å²) in [5, 5.41) is 8.59. The van der Waals surface area contributed by atoms with E-state index in [9.17, 15) is 4.79 Å². The minimum absolute atomic E-state index is 0.0266. The van der Waals surface area contributed by atoms with E-state index >= 15 is 0 Å². The fraction of sp³-hybridized carbons (Fsp3) is 0.400. The van der Waals surface area contributed by atoms with Gasteiger partial charge >= 0.3 is 0 Å². The fourth-order valence-corrected chi connectivity index (χ4v) is 4.48. The number of aryl methyl sites for hydroxylation is 1. The van der Waals surface area contributed by atoms with Crippen LogP contribution in [0.1, 0.15) is 12.8 Å². The third kappa shape index (κ3) is 2.85. The molecule has 1 amide bonds. The molecule has 3 aromatic heterocycles. The molecule has 4 heterocycles.